The first-order valence-electron chi connectivity index (χ1n) is 15.9. The lowest BCUT2D eigenvalue weighted by atomic mass is 9.98. The molecule has 13 heteroatoms. The lowest BCUT2D eigenvalue weighted by Crippen LogP contribution is -2.63. The fraction of sp³-hybridized carbons (Fsp3) is 0.485. The number of hydrogen-bond acceptors (Lipinski definition) is 7. The highest BCUT2D eigenvalue weighted by molar-refractivity contribution is 5.95. The van der Waals surface area contributed by atoms with E-state index in [1.807, 2.05) is 67.8 Å². The van der Waals surface area contributed by atoms with E-state index in [1.54, 1.807) is 0 Å². The molecule has 1 heterocycles. The van der Waals surface area contributed by atoms with E-state index in [9.17, 15) is 19.7 Å². The van der Waals surface area contributed by atoms with Crippen LogP contribution in [0.15, 0.2) is 65.8 Å². The van der Waals surface area contributed by atoms with Gasteiger partial charge in [-0.2, -0.15) is 0 Å². The number of fused-ring (bicyclic) bond motifs is 1. The minimum atomic E-state index is -2.02. The summed E-state index contributed by atoms with van der Waals surface area (Å²) in [4.78, 5) is 48.2. The Bertz CT molecular complexity index is 1440. The number of hydrogen-bond donors (Lipinski definition) is 6. The van der Waals surface area contributed by atoms with E-state index in [1.165, 1.54) is 0 Å². The standard InChI is InChI=1S/C33H49N9O4/c1-3-4-5-11-18-41(2)23-26(21-25-22-37-29-16-10-9-15-27(25)29)38-31(44)33(40-32(35)36,17-12-19-42(45)46)39-30(43)28(34)20-24-13-7-6-8-14-24/h6-10,13-16,22,26,28,37H,3-5,11-12,17-21,23,34H2,1-2H3,(H,38,44)(H,39,43)(H4,35,36,40). The number of guanidine groups is 1. The molecule has 0 aliphatic rings. The van der Waals surface area contributed by atoms with Crippen molar-refractivity contribution < 1.29 is 14.5 Å². The zero-order valence-electron chi connectivity index (χ0n) is 26.9. The molecule has 2 aromatic carbocycles. The van der Waals surface area contributed by atoms with Crippen molar-refractivity contribution in [3.63, 3.8) is 0 Å². The zero-order valence-corrected chi connectivity index (χ0v) is 26.9. The number of aromatic nitrogens is 1. The van der Waals surface area contributed by atoms with Crippen LogP contribution in [0, 0.1) is 10.1 Å². The summed E-state index contributed by atoms with van der Waals surface area (Å²) in [6, 6.07) is 15.7. The number of para-hydroxylation sites is 1. The van der Waals surface area contributed by atoms with Crippen LogP contribution in [0.4, 0.5) is 0 Å². The molecule has 0 saturated carbocycles. The number of unbranched alkanes of at least 4 members (excludes halogenated alkanes) is 3. The Labute approximate surface area is 270 Å². The topological polar surface area (TPSA) is 211 Å². The Morgan fingerprint density at radius 1 is 1.04 bits per heavy atom. The number of aromatic amines is 1. The molecule has 9 N–H and O–H groups in total. The van der Waals surface area contributed by atoms with Gasteiger partial charge in [0, 0.05) is 47.5 Å². The SMILES string of the molecule is CCCCCCN(C)CC(Cc1c[nH]c2ccccc12)NC(=O)C(CCC[N+](=O)[O-])(N=C(N)N)NC(=O)C(N)Cc1ccccc1. The monoisotopic (exact) mass is 635 g/mol. The number of nitrogens with one attached hydrogen (secondary N) is 3. The van der Waals surface area contributed by atoms with Crippen molar-refractivity contribution in [2.75, 3.05) is 26.7 Å². The molecule has 250 valence electrons. The first-order chi connectivity index (χ1) is 22.0. The van der Waals surface area contributed by atoms with Crippen molar-refractivity contribution in [2.24, 2.45) is 22.2 Å². The Balaban J connectivity index is 1.91. The van der Waals surface area contributed by atoms with Gasteiger partial charge in [-0.3, -0.25) is 19.7 Å². The molecular formula is C33H49N9O4. The van der Waals surface area contributed by atoms with Gasteiger partial charge in [0.05, 0.1) is 6.04 Å². The highest BCUT2D eigenvalue weighted by Gasteiger charge is 2.42. The van der Waals surface area contributed by atoms with Crippen molar-refractivity contribution in [1.82, 2.24) is 20.5 Å². The summed E-state index contributed by atoms with van der Waals surface area (Å²) < 4.78 is 0. The molecule has 2 amide bonds. The van der Waals surface area contributed by atoms with E-state index in [0.717, 1.165) is 54.3 Å². The lowest BCUT2D eigenvalue weighted by molar-refractivity contribution is -0.480. The van der Waals surface area contributed by atoms with Gasteiger partial charge in [0.25, 0.3) is 5.91 Å². The average Bonchev–Trinajstić information content (AvgIpc) is 3.41. The van der Waals surface area contributed by atoms with Gasteiger partial charge in [-0.1, -0.05) is 74.7 Å². The summed E-state index contributed by atoms with van der Waals surface area (Å²) in [6.45, 7) is 3.07. The zero-order chi connectivity index (χ0) is 33.5. The van der Waals surface area contributed by atoms with Crippen LogP contribution in [0.3, 0.4) is 0 Å². The molecule has 46 heavy (non-hydrogen) atoms. The summed E-state index contributed by atoms with van der Waals surface area (Å²) in [5.74, 6) is -1.78. The number of nitrogens with zero attached hydrogens (tertiary/aromatic N) is 3. The van der Waals surface area contributed by atoms with E-state index >= 15 is 0 Å². The van der Waals surface area contributed by atoms with Crippen LogP contribution in [0.1, 0.15) is 56.6 Å². The number of carbonyl (C=O) groups is 2. The number of nitrogens with two attached hydrogens (primary N) is 3. The second-order valence-corrected chi connectivity index (χ2v) is 11.9. The molecule has 0 aliphatic carbocycles. The van der Waals surface area contributed by atoms with Crippen molar-refractivity contribution in [3.8, 4) is 0 Å². The van der Waals surface area contributed by atoms with Crippen LogP contribution in [0.5, 0.6) is 0 Å². The molecule has 0 fully saturated rings. The second-order valence-electron chi connectivity index (χ2n) is 11.9. The van der Waals surface area contributed by atoms with Crippen LogP contribution >= 0.6 is 0 Å². The van der Waals surface area contributed by atoms with Crippen molar-refractivity contribution in [3.05, 3.63) is 82.0 Å². The van der Waals surface area contributed by atoms with Gasteiger partial charge in [0.1, 0.15) is 0 Å². The highest BCUT2D eigenvalue weighted by Crippen LogP contribution is 2.22. The predicted octanol–water partition coefficient (Wildman–Crippen LogP) is 2.42. The number of benzene rings is 2. The van der Waals surface area contributed by atoms with Crippen LogP contribution < -0.4 is 27.8 Å². The molecular weight excluding hydrogens is 586 g/mol. The molecule has 0 aliphatic heterocycles. The van der Waals surface area contributed by atoms with E-state index in [4.69, 9.17) is 17.2 Å². The largest absolute Gasteiger partial charge is 0.370 e. The summed E-state index contributed by atoms with van der Waals surface area (Å²) >= 11 is 0. The Morgan fingerprint density at radius 2 is 1.76 bits per heavy atom. The number of carbonyl (C=O) groups excluding carboxylic acids is 2. The fourth-order valence-corrected chi connectivity index (χ4v) is 5.62. The Kier molecular flexibility index (Phi) is 14.0. The van der Waals surface area contributed by atoms with Gasteiger partial charge in [-0.25, -0.2) is 4.99 Å². The third-order valence-corrected chi connectivity index (χ3v) is 7.94. The van der Waals surface area contributed by atoms with Gasteiger partial charge < -0.3 is 37.7 Å². The third-order valence-electron chi connectivity index (χ3n) is 7.94. The second kappa shape index (κ2) is 17.9. The van der Waals surface area contributed by atoms with Crippen molar-refractivity contribution >= 4 is 28.7 Å². The van der Waals surface area contributed by atoms with Crippen LogP contribution in [-0.4, -0.2) is 77.0 Å². The third kappa shape index (κ3) is 11.1. The molecule has 0 spiro atoms. The molecule has 3 rings (SSSR count). The number of rotatable bonds is 20. The number of amides is 2. The first-order valence-corrected chi connectivity index (χ1v) is 15.9. The maximum Gasteiger partial charge on any atom is 0.268 e. The van der Waals surface area contributed by atoms with Gasteiger partial charge in [0.15, 0.2) is 5.96 Å². The van der Waals surface area contributed by atoms with E-state index < -0.39 is 47.0 Å². The van der Waals surface area contributed by atoms with Gasteiger partial charge in [-0.05, 0) is 50.0 Å². The maximum atomic E-state index is 14.3. The molecule has 0 radical (unpaired) electrons. The molecule has 13 nitrogen and oxygen atoms in total. The molecule has 1 aromatic heterocycles. The van der Waals surface area contributed by atoms with Crippen LogP contribution in [-0.2, 0) is 22.4 Å². The van der Waals surface area contributed by atoms with Crippen LogP contribution in [0.2, 0.25) is 0 Å². The first kappa shape index (κ1) is 36.0. The number of likely N-dealkylation sites (N-methyl/N-ethyl adjacent to an activating group) is 1. The van der Waals surface area contributed by atoms with Crippen molar-refractivity contribution in [2.45, 2.75) is 76.0 Å². The number of H-pyrrole nitrogens is 1. The molecule has 0 saturated heterocycles. The van der Waals surface area contributed by atoms with Gasteiger partial charge >= 0.3 is 0 Å². The normalized spacial score (nSPS) is 13.9. The fourth-order valence-electron chi connectivity index (χ4n) is 5.62. The van der Waals surface area contributed by atoms with Crippen molar-refractivity contribution in [1.29, 1.82) is 0 Å². The molecule has 3 unspecified atom stereocenters. The predicted molar refractivity (Wildman–Crippen MR) is 181 cm³/mol. The average molecular weight is 636 g/mol. The smallest absolute Gasteiger partial charge is 0.268 e. The van der Waals surface area contributed by atoms with Gasteiger partial charge in [0.2, 0.25) is 18.1 Å². The maximum absolute atomic E-state index is 14.3. The molecule has 0 bridgehead atoms. The molecule has 3 aromatic rings. The summed E-state index contributed by atoms with van der Waals surface area (Å²) in [7, 11) is 2.01. The Morgan fingerprint density at radius 3 is 2.46 bits per heavy atom. The minimum Gasteiger partial charge on any atom is -0.370 e. The van der Waals surface area contributed by atoms with Crippen LogP contribution in [0.25, 0.3) is 10.9 Å². The number of aliphatic imine (C=N–C) groups is 1. The van der Waals surface area contributed by atoms with E-state index in [-0.39, 0.29) is 19.3 Å². The van der Waals surface area contributed by atoms with E-state index in [2.05, 4.69) is 32.4 Å². The minimum absolute atomic E-state index is 0.0736. The quantitative estimate of drug-likeness (QED) is 0.0356. The lowest BCUT2D eigenvalue weighted by Gasteiger charge is -2.33. The van der Waals surface area contributed by atoms with Gasteiger partial charge in [-0.15, -0.1) is 0 Å². The molecule has 3 atom stereocenters. The highest BCUT2D eigenvalue weighted by atomic mass is 16.6. The summed E-state index contributed by atoms with van der Waals surface area (Å²) in [5.41, 5.74) is 18.7. The number of nitro groups is 1. The Hall–Kier alpha value is -4.49. The summed E-state index contributed by atoms with van der Waals surface area (Å²) in [6.07, 6.45) is 6.73. The van der Waals surface area contributed by atoms with E-state index in [0.29, 0.717) is 13.0 Å². The summed E-state index contributed by atoms with van der Waals surface area (Å²) in [5, 5.41) is 18.0.